The van der Waals surface area contributed by atoms with Crippen LogP contribution in [0.1, 0.15) is 17.4 Å². The molecule has 10 nitrogen and oxygen atoms in total. The number of benzene rings is 1. The van der Waals surface area contributed by atoms with E-state index in [1.165, 1.54) is 23.1 Å². The first-order chi connectivity index (χ1) is 11.0. The average Bonchev–Trinajstić information content (AvgIpc) is 2.97. The number of anilines is 1. The SMILES string of the molecule is CCN(CCO)c1nn(-c2ccccc2[N+](=O)[O-])nc1C(=O)O. The molecule has 0 fully saturated rings. The molecule has 1 aromatic carbocycles. The Hall–Kier alpha value is -3.01. The summed E-state index contributed by atoms with van der Waals surface area (Å²) in [6.45, 7) is 2.15. The van der Waals surface area contributed by atoms with Crippen LogP contribution in [-0.4, -0.2) is 55.8 Å². The number of carboxylic acid groups (broad SMARTS) is 1. The maximum atomic E-state index is 11.4. The molecule has 0 unspecified atom stereocenters. The topological polar surface area (TPSA) is 135 Å². The predicted octanol–water partition coefficient (Wildman–Crippen LogP) is 0.692. The summed E-state index contributed by atoms with van der Waals surface area (Å²) in [5.41, 5.74) is -0.513. The van der Waals surface area contributed by atoms with Crippen molar-refractivity contribution in [3.63, 3.8) is 0 Å². The fraction of sp³-hybridized carbons (Fsp3) is 0.308. The summed E-state index contributed by atoms with van der Waals surface area (Å²) >= 11 is 0. The lowest BCUT2D eigenvalue weighted by molar-refractivity contribution is -0.384. The maximum absolute atomic E-state index is 11.4. The van der Waals surface area contributed by atoms with Crippen LogP contribution in [0.5, 0.6) is 0 Å². The molecule has 23 heavy (non-hydrogen) atoms. The molecule has 0 amide bonds. The van der Waals surface area contributed by atoms with E-state index in [4.69, 9.17) is 5.11 Å². The van der Waals surface area contributed by atoms with E-state index >= 15 is 0 Å². The third-order valence-electron chi connectivity index (χ3n) is 3.14. The highest BCUT2D eigenvalue weighted by Crippen LogP contribution is 2.24. The summed E-state index contributed by atoms with van der Waals surface area (Å²) in [5, 5.41) is 37.4. The first-order valence-corrected chi connectivity index (χ1v) is 6.79. The van der Waals surface area contributed by atoms with Crippen LogP contribution in [0.25, 0.3) is 5.69 Å². The Morgan fingerprint density at radius 1 is 1.39 bits per heavy atom. The van der Waals surface area contributed by atoms with Crippen molar-refractivity contribution in [1.29, 1.82) is 0 Å². The minimum atomic E-state index is -1.30. The van der Waals surface area contributed by atoms with E-state index in [-0.39, 0.29) is 36.0 Å². The van der Waals surface area contributed by atoms with Crippen molar-refractivity contribution in [3.8, 4) is 5.69 Å². The van der Waals surface area contributed by atoms with Gasteiger partial charge in [-0.15, -0.1) is 15.0 Å². The second-order valence-electron chi connectivity index (χ2n) is 4.52. The Labute approximate surface area is 130 Å². The number of hydrogen-bond acceptors (Lipinski definition) is 7. The molecule has 0 radical (unpaired) electrons. The zero-order valence-electron chi connectivity index (χ0n) is 12.3. The maximum Gasteiger partial charge on any atom is 0.360 e. The van der Waals surface area contributed by atoms with Crippen LogP contribution in [0.2, 0.25) is 0 Å². The van der Waals surface area contributed by atoms with Gasteiger partial charge in [0.15, 0.2) is 11.5 Å². The molecule has 2 N–H and O–H groups in total. The van der Waals surface area contributed by atoms with Gasteiger partial charge >= 0.3 is 5.97 Å². The summed E-state index contributed by atoms with van der Waals surface area (Å²) in [7, 11) is 0. The summed E-state index contributed by atoms with van der Waals surface area (Å²) in [4.78, 5) is 24.3. The smallest absolute Gasteiger partial charge is 0.360 e. The Morgan fingerprint density at radius 3 is 2.65 bits per heavy atom. The lowest BCUT2D eigenvalue weighted by Gasteiger charge is -2.18. The number of hydrogen-bond donors (Lipinski definition) is 2. The summed E-state index contributed by atoms with van der Waals surface area (Å²) in [6, 6.07) is 5.77. The van der Waals surface area contributed by atoms with E-state index in [9.17, 15) is 20.0 Å². The van der Waals surface area contributed by atoms with E-state index in [1.807, 2.05) is 0 Å². The predicted molar refractivity (Wildman–Crippen MR) is 79.9 cm³/mol. The molecule has 2 rings (SSSR count). The van der Waals surface area contributed by atoms with Gasteiger partial charge in [-0.3, -0.25) is 10.1 Å². The number of aliphatic hydroxyl groups excluding tert-OH is 1. The largest absolute Gasteiger partial charge is 0.476 e. The highest BCUT2D eigenvalue weighted by Gasteiger charge is 2.25. The van der Waals surface area contributed by atoms with E-state index in [0.29, 0.717) is 6.54 Å². The molecule has 0 spiro atoms. The molecule has 0 atom stereocenters. The Morgan fingerprint density at radius 2 is 2.09 bits per heavy atom. The second-order valence-corrected chi connectivity index (χ2v) is 4.52. The molecule has 0 aliphatic heterocycles. The van der Waals surface area contributed by atoms with Gasteiger partial charge in [0.2, 0.25) is 5.69 Å². The first-order valence-electron chi connectivity index (χ1n) is 6.79. The van der Waals surface area contributed by atoms with Crippen LogP contribution in [0.3, 0.4) is 0 Å². The fourth-order valence-electron chi connectivity index (χ4n) is 2.08. The molecule has 10 heteroatoms. The van der Waals surface area contributed by atoms with Gasteiger partial charge in [-0.1, -0.05) is 12.1 Å². The van der Waals surface area contributed by atoms with Crippen LogP contribution < -0.4 is 4.90 Å². The van der Waals surface area contributed by atoms with E-state index < -0.39 is 10.9 Å². The quantitative estimate of drug-likeness (QED) is 0.562. The number of aromatic carboxylic acids is 1. The number of nitro groups is 1. The van der Waals surface area contributed by atoms with Gasteiger partial charge in [-0.25, -0.2) is 4.79 Å². The molecule has 122 valence electrons. The number of nitro benzene ring substituents is 1. The standard InChI is InChI=1S/C13H15N5O5/c1-2-16(7-8-19)12-11(13(20)21)14-17(15-12)9-5-3-4-6-10(9)18(22)23/h3-6,19H,2,7-8H2,1H3,(H,20,21). The van der Waals surface area contributed by atoms with Crippen molar-refractivity contribution in [2.75, 3.05) is 24.6 Å². The fourth-order valence-corrected chi connectivity index (χ4v) is 2.08. The van der Waals surface area contributed by atoms with Crippen molar-refractivity contribution in [2.24, 2.45) is 0 Å². The minimum Gasteiger partial charge on any atom is -0.476 e. The summed E-state index contributed by atoms with van der Waals surface area (Å²) in [6.07, 6.45) is 0. The molecule has 0 aliphatic carbocycles. The number of aliphatic hydroxyl groups is 1. The van der Waals surface area contributed by atoms with Crippen molar-refractivity contribution < 1.29 is 19.9 Å². The van der Waals surface area contributed by atoms with Crippen LogP contribution in [0, 0.1) is 10.1 Å². The first kappa shape index (κ1) is 16.4. The van der Waals surface area contributed by atoms with Crippen LogP contribution in [-0.2, 0) is 0 Å². The number of nitrogens with zero attached hydrogens (tertiary/aromatic N) is 5. The molecule has 0 saturated carbocycles. The van der Waals surface area contributed by atoms with E-state index in [1.54, 1.807) is 13.0 Å². The Balaban J connectivity index is 2.58. The normalized spacial score (nSPS) is 10.5. The van der Waals surface area contributed by atoms with Crippen LogP contribution in [0.15, 0.2) is 24.3 Å². The van der Waals surface area contributed by atoms with Crippen molar-refractivity contribution >= 4 is 17.5 Å². The molecule has 2 aromatic rings. The van der Waals surface area contributed by atoms with Crippen molar-refractivity contribution in [1.82, 2.24) is 15.0 Å². The Bertz CT molecular complexity index is 729. The average molecular weight is 321 g/mol. The molecule has 1 aromatic heterocycles. The molecule has 1 heterocycles. The zero-order chi connectivity index (χ0) is 17.0. The van der Waals surface area contributed by atoms with Gasteiger partial charge in [0, 0.05) is 19.2 Å². The van der Waals surface area contributed by atoms with Gasteiger partial charge in [0.1, 0.15) is 0 Å². The second kappa shape index (κ2) is 6.83. The monoisotopic (exact) mass is 321 g/mol. The highest BCUT2D eigenvalue weighted by molar-refractivity contribution is 5.91. The number of likely N-dealkylation sites (N-methyl/N-ethyl adjacent to an activating group) is 1. The summed E-state index contributed by atoms with van der Waals surface area (Å²) < 4.78 is 0. The van der Waals surface area contributed by atoms with Crippen LogP contribution in [0.4, 0.5) is 11.5 Å². The van der Waals surface area contributed by atoms with Crippen LogP contribution >= 0.6 is 0 Å². The van der Waals surface area contributed by atoms with E-state index in [2.05, 4.69) is 10.2 Å². The third kappa shape index (κ3) is 3.26. The molecular formula is C13H15N5O5. The lowest BCUT2D eigenvalue weighted by Crippen LogP contribution is -2.28. The number of carboxylic acids is 1. The molecule has 0 bridgehead atoms. The number of rotatable bonds is 7. The van der Waals surface area contributed by atoms with Gasteiger partial charge in [0.05, 0.1) is 11.5 Å². The zero-order valence-corrected chi connectivity index (χ0v) is 12.3. The van der Waals surface area contributed by atoms with Gasteiger partial charge in [-0.05, 0) is 13.0 Å². The van der Waals surface area contributed by atoms with Gasteiger partial charge in [-0.2, -0.15) is 0 Å². The number of aromatic nitrogens is 3. The summed E-state index contributed by atoms with van der Waals surface area (Å²) in [5.74, 6) is -1.26. The third-order valence-corrected chi connectivity index (χ3v) is 3.14. The number of carbonyl (C=O) groups is 1. The van der Waals surface area contributed by atoms with Gasteiger partial charge < -0.3 is 15.1 Å². The molecular weight excluding hydrogens is 306 g/mol. The Kier molecular flexibility index (Phi) is 4.86. The van der Waals surface area contributed by atoms with Crippen molar-refractivity contribution in [3.05, 3.63) is 40.1 Å². The minimum absolute atomic E-state index is 0.0483. The molecule has 0 saturated heterocycles. The van der Waals surface area contributed by atoms with Crippen molar-refractivity contribution in [2.45, 2.75) is 6.92 Å². The lowest BCUT2D eigenvalue weighted by atomic mass is 10.3. The van der Waals surface area contributed by atoms with E-state index in [0.717, 1.165) is 4.80 Å². The molecule has 0 aliphatic rings. The van der Waals surface area contributed by atoms with Gasteiger partial charge in [0.25, 0.3) is 5.69 Å². The number of para-hydroxylation sites is 2. The highest BCUT2D eigenvalue weighted by atomic mass is 16.6.